The Morgan fingerprint density at radius 2 is 1.95 bits per heavy atom. The molecule has 0 saturated carbocycles. The third-order valence-electron chi connectivity index (χ3n) is 4.84. The van der Waals surface area contributed by atoms with Crippen molar-refractivity contribution in [3.8, 4) is 0 Å². The van der Waals surface area contributed by atoms with E-state index in [0.29, 0.717) is 18.9 Å². The highest BCUT2D eigenvalue weighted by atomic mass is 16.4. The summed E-state index contributed by atoms with van der Waals surface area (Å²) in [6, 6.07) is -0.621. The standard InChI is InChI=1S/C15H27N3O3/c1-11-6-8-18(13(9-11)14(19)20)15(21)17(3)12-5-4-7-16(2)10-12/h11-13H,4-10H2,1-3H3,(H,19,20). The number of hydrogen-bond donors (Lipinski definition) is 1. The molecule has 2 rings (SSSR count). The molecule has 1 N–H and O–H groups in total. The van der Waals surface area contributed by atoms with E-state index in [1.807, 2.05) is 7.05 Å². The first-order valence-electron chi connectivity index (χ1n) is 7.85. The normalized spacial score (nSPS) is 31.0. The van der Waals surface area contributed by atoms with Crippen LogP contribution in [-0.4, -0.2) is 77.6 Å². The van der Waals surface area contributed by atoms with Crippen LogP contribution in [0.2, 0.25) is 0 Å². The zero-order valence-corrected chi connectivity index (χ0v) is 13.3. The Hall–Kier alpha value is -1.30. The number of carbonyl (C=O) groups excluding carboxylic acids is 1. The fourth-order valence-corrected chi connectivity index (χ4v) is 3.42. The van der Waals surface area contributed by atoms with E-state index in [0.717, 1.165) is 32.4 Å². The fourth-order valence-electron chi connectivity index (χ4n) is 3.42. The molecule has 2 saturated heterocycles. The highest BCUT2D eigenvalue weighted by Gasteiger charge is 2.37. The Labute approximate surface area is 126 Å². The van der Waals surface area contributed by atoms with Crippen LogP contribution in [0.1, 0.15) is 32.6 Å². The van der Waals surface area contributed by atoms with Gasteiger partial charge in [-0.2, -0.15) is 0 Å². The van der Waals surface area contributed by atoms with E-state index >= 15 is 0 Å². The van der Waals surface area contributed by atoms with Crippen molar-refractivity contribution >= 4 is 12.0 Å². The van der Waals surface area contributed by atoms with Crippen LogP contribution in [0.25, 0.3) is 0 Å². The van der Waals surface area contributed by atoms with E-state index < -0.39 is 12.0 Å². The molecule has 2 aliphatic rings. The molecule has 0 radical (unpaired) electrons. The van der Waals surface area contributed by atoms with Gasteiger partial charge in [0.1, 0.15) is 6.04 Å². The molecule has 0 bridgehead atoms. The molecule has 0 aliphatic carbocycles. The van der Waals surface area contributed by atoms with Gasteiger partial charge in [-0.25, -0.2) is 9.59 Å². The van der Waals surface area contributed by atoms with Gasteiger partial charge in [0.15, 0.2) is 0 Å². The molecule has 0 aromatic rings. The molecule has 6 heteroatoms. The van der Waals surface area contributed by atoms with Gasteiger partial charge in [0, 0.05) is 26.2 Å². The maximum atomic E-state index is 12.7. The van der Waals surface area contributed by atoms with E-state index in [4.69, 9.17) is 0 Å². The average molecular weight is 297 g/mol. The summed E-state index contributed by atoms with van der Waals surface area (Å²) >= 11 is 0. The van der Waals surface area contributed by atoms with Gasteiger partial charge in [0.05, 0.1) is 0 Å². The summed E-state index contributed by atoms with van der Waals surface area (Å²) in [5.41, 5.74) is 0. The van der Waals surface area contributed by atoms with Crippen molar-refractivity contribution in [2.24, 2.45) is 5.92 Å². The van der Waals surface area contributed by atoms with E-state index in [-0.39, 0.29) is 12.1 Å². The van der Waals surface area contributed by atoms with Crippen molar-refractivity contribution < 1.29 is 14.7 Å². The molecule has 3 atom stereocenters. The van der Waals surface area contributed by atoms with Gasteiger partial charge >= 0.3 is 12.0 Å². The molecular weight excluding hydrogens is 270 g/mol. The molecular formula is C15H27N3O3. The first-order chi connectivity index (χ1) is 9.90. The lowest BCUT2D eigenvalue weighted by molar-refractivity contribution is -0.144. The van der Waals surface area contributed by atoms with E-state index in [1.54, 1.807) is 9.80 Å². The number of likely N-dealkylation sites (N-methyl/N-ethyl adjacent to an activating group) is 2. The summed E-state index contributed by atoms with van der Waals surface area (Å²) in [6.07, 6.45) is 3.51. The van der Waals surface area contributed by atoms with Crippen LogP contribution in [0.5, 0.6) is 0 Å². The summed E-state index contributed by atoms with van der Waals surface area (Å²) in [7, 11) is 3.87. The molecule has 2 heterocycles. The third kappa shape index (κ3) is 3.67. The lowest BCUT2D eigenvalue weighted by Gasteiger charge is -2.42. The third-order valence-corrected chi connectivity index (χ3v) is 4.84. The number of amides is 2. The zero-order valence-electron chi connectivity index (χ0n) is 13.3. The lowest BCUT2D eigenvalue weighted by Crippen LogP contribution is -2.57. The number of carboxylic acid groups (broad SMARTS) is 1. The monoisotopic (exact) mass is 297 g/mol. The van der Waals surface area contributed by atoms with Gasteiger partial charge in [-0.05, 0) is 45.2 Å². The van der Waals surface area contributed by atoms with Gasteiger partial charge < -0.3 is 19.8 Å². The summed E-state index contributed by atoms with van der Waals surface area (Å²) < 4.78 is 0. The van der Waals surface area contributed by atoms with Crippen molar-refractivity contribution in [3.63, 3.8) is 0 Å². The molecule has 0 aromatic heterocycles. The Morgan fingerprint density at radius 1 is 1.24 bits per heavy atom. The Kier molecular flexibility index (Phi) is 5.08. The predicted octanol–water partition coefficient (Wildman–Crippen LogP) is 1.32. The van der Waals surface area contributed by atoms with Crippen LogP contribution in [0.15, 0.2) is 0 Å². The van der Waals surface area contributed by atoms with E-state index in [1.165, 1.54) is 0 Å². The number of carboxylic acids is 1. The van der Waals surface area contributed by atoms with Crippen molar-refractivity contribution in [2.75, 3.05) is 33.7 Å². The summed E-state index contributed by atoms with van der Waals surface area (Å²) in [4.78, 5) is 29.7. The van der Waals surface area contributed by atoms with Gasteiger partial charge in [-0.1, -0.05) is 6.92 Å². The number of hydrogen-bond acceptors (Lipinski definition) is 3. The number of likely N-dealkylation sites (tertiary alicyclic amines) is 2. The molecule has 6 nitrogen and oxygen atoms in total. The van der Waals surface area contributed by atoms with E-state index in [9.17, 15) is 14.7 Å². The molecule has 2 fully saturated rings. The predicted molar refractivity (Wildman–Crippen MR) is 80.2 cm³/mol. The topological polar surface area (TPSA) is 64.1 Å². The molecule has 2 amide bonds. The second kappa shape index (κ2) is 6.64. The number of carbonyl (C=O) groups is 2. The molecule has 0 spiro atoms. The highest BCUT2D eigenvalue weighted by molar-refractivity contribution is 5.83. The van der Waals surface area contributed by atoms with Crippen LogP contribution >= 0.6 is 0 Å². The Morgan fingerprint density at radius 3 is 2.57 bits per heavy atom. The van der Waals surface area contributed by atoms with Crippen LogP contribution in [0.3, 0.4) is 0 Å². The minimum atomic E-state index is -0.885. The first-order valence-corrected chi connectivity index (χ1v) is 7.85. The number of rotatable bonds is 2. The summed E-state index contributed by atoms with van der Waals surface area (Å²) in [5, 5.41) is 9.39. The molecule has 0 aromatic carbocycles. The van der Waals surface area contributed by atoms with Gasteiger partial charge in [-0.3, -0.25) is 0 Å². The van der Waals surface area contributed by atoms with Crippen LogP contribution in [0.4, 0.5) is 4.79 Å². The fraction of sp³-hybridized carbons (Fsp3) is 0.867. The van der Waals surface area contributed by atoms with Crippen molar-refractivity contribution in [3.05, 3.63) is 0 Å². The summed E-state index contributed by atoms with van der Waals surface area (Å²) in [5.74, 6) is -0.523. The SMILES string of the molecule is CC1CCN(C(=O)N(C)C2CCCN(C)C2)C(C(=O)O)C1. The quantitative estimate of drug-likeness (QED) is 0.835. The van der Waals surface area contributed by atoms with Crippen molar-refractivity contribution in [2.45, 2.75) is 44.7 Å². The van der Waals surface area contributed by atoms with Crippen molar-refractivity contribution in [1.82, 2.24) is 14.7 Å². The second-order valence-electron chi connectivity index (χ2n) is 6.63. The maximum absolute atomic E-state index is 12.7. The molecule has 21 heavy (non-hydrogen) atoms. The van der Waals surface area contributed by atoms with Crippen LogP contribution in [0, 0.1) is 5.92 Å². The molecule has 2 aliphatic heterocycles. The van der Waals surface area contributed by atoms with Gasteiger partial charge in [0.25, 0.3) is 0 Å². The summed E-state index contributed by atoms with van der Waals surface area (Å²) in [6.45, 7) is 4.53. The minimum absolute atomic E-state index is 0.130. The number of piperidine rings is 2. The zero-order chi connectivity index (χ0) is 15.6. The van der Waals surface area contributed by atoms with Crippen LogP contribution < -0.4 is 0 Å². The average Bonchev–Trinajstić information content (AvgIpc) is 2.45. The van der Waals surface area contributed by atoms with Crippen LogP contribution in [-0.2, 0) is 4.79 Å². The van der Waals surface area contributed by atoms with Gasteiger partial charge in [-0.15, -0.1) is 0 Å². The van der Waals surface area contributed by atoms with E-state index in [2.05, 4.69) is 18.9 Å². The number of nitrogens with zero attached hydrogens (tertiary/aromatic N) is 3. The highest BCUT2D eigenvalue weighted by Crippen LogP contribution is 2.25. The second-order valence-corrected chi connectivity index (χ2v) is 6.63. The Bertz CT molecular complexity index is 402. The number of aliphatic carboxylic acids is 1. The number of urea groups is 1. The Balaban J connectivity index is 2.04. The minimum Gasteiger partial charge on any atom is -0.480 e. The molecule has 120 valence electrons. The molecule has 3 unspecified atom stereocenters. The maximum Gasteiger partial charge on any atom is 0.326 e. The lowest BCUT2D eigenvalue weighted by atomic mass is 9.92. The first kappa shape index (κ1) is 16.1. The van der Waals surface area contributed by atoms with Gasteiger partial charge in [0.2, 0.25) is 0 Å². The smallest absolute Gasteiger partial charge is 0.326 e. The van der Waals surface area contributed by atoms with Crippen molar-refractivity contribution in [1.29, 1.82) is 0 Å². The largest absolute Gasteiger partial charge is 0.480 e.